The Kier molecular flexibility index (Phi) is 5.81. The molecule has 29 heavy (non-hydrogen) atoms. The Hall–Kier alpha value is -3.26. The third kappa shape index (κ3) is 4.78. The van der Waals surface area contributed by atoms with Crippen LogP contribution in [0, 0.1) is 0 Å². The summed E-state index contributed by atoms with van der Waals surface area (Å²) in [6.45, 7) is 0.506. The number of halogens is 1. The van der Waals surface area contributed by atoms with Crippen LogP contribution < -0.4 is 10.3 Å². The normalized spacial score (nSPS) is 10.8. The second-order valence-electron chi connectivity index (χ2n) is 6.49. The summed E-state index contributed by atoms with van der Waals surface area (Å²) in [7, 11) is 0. The first kappa shape index (κ1) is 19.1. The summed E-state index contributed by atoms with van der Waals surface area (Å²) >= 11 is 3.53. The summed E-state index contributed by atoms with van der Waals surface area (Å²) in [5.41, 5.74) is 3.16. The largest absolute Gasteiger partial charge is 0.489 e. The van der Waals surface area contributed by atoms with Gasteiger partial charge in [-0.2, -0.15) is 5.21 Å². The number of hydrogen-bond acceptors (Lipinski definition) is 5. The molecule has 0 saturated carbocycles. The van der Waals surface area contributed by atoms with Crippen molar-refractivity contribution in [3.05, 3.63) is 92.3 Å². The fourth-order valence-corrected chi connectivity index (χ4v) is 3.41. The number of aryl methyl sites for hydroxylation is 2. The Balaban J connectivity index is 1.47. The minimum Gasteiger partial charge on any atom is -0.489 e. The summed E-state index contributed by atoms with van der Waals surface area (Å²) in [5, 5.41) is 13.5. The van der Waals surface area contributed by atoms with E-state index in [9.17, 15) is 4.79 Å². The van der Waals surface area contributed by atoms with Crippen molar-refractivity contribution in [1.82, 2.24) is 25.6 Å². The predicted octanol–water partition coefficient (Wildman–Crippen LogP) is 3.68. The van der Waals surface area contributed by atoms with Crippen molar-refractivity contribution in [1.29, 1.82) is 0 Å². The lowest BCUT2D eigenvalue weighted by molar-refractivity contribution is 0.303. The zero-order valence-corrected chi connectivity index (χ0v) is 17.0. The maximum absolute atomic E-state index is 12.3. The number of tetrazole rings is 1. The topological polar surface area (TPSA) is 96.5 Å². The predicted molar refractivity (Wildman–Crippen MR) is 113 cm³/mol. The smallest absolute Gasteiger partial charge is 0.259 e. The third-order valence-electron chi connectivity index (χ3n) is 4.48. The average Bonchev–Trinajstić information content (AvgIpc) is 3.27. The summed E-state index contributed by atoms with van der Waals surface area (Å²) < 4.78 is 7.03. The van der Waals surface area contributed by atoms with E-state index in [-0.39, 0.29) is 11.4 Å². The molecule has 2 heterocycles. The number of aromatic nitrogens is 5. The molecule has 146 valence electrons. The van der Waals surface area contributed by atoms with Crippen LogP contribution in [-0.4, -0.2) is 25.6 Å². The zero-order chi connectivity index (χ0) is 20.1. The lowest BCUT2D eigenvalue weighted by atomic mass is 10.1. The number of H-pyrrole nitrogens is 2. The van der Waals surface area contributed by atoms with Crippen molar-refractivity contribution in [2.75, 3.05) is 0 Å². The van der Waals surface area contributed by atoms with Gasteiger partial charge in [-0.05, 0) is 59.5 Å². The maximum atomic E-state index is 12.3. The first-order chi connectivity index (χ1) is 14.2. The number of nitrogens with zero attached hydrogens (tertiary/aromatic N) is 3. The van der Waals surface area contributed by atoms with Crippen molar-refractivity contribution in [2.45, 2.75) is 19.4 Å². The first-order valence-corrected chi connectivity index (χ1v) is 9.89. The van der Waals surface area contributed by atoms with Crippen LogP contribution in [0.5, 0.6) is 5.75 Å². The fraction of sp³-hybridized carbons (Fsp3) is 0.143. The first-order valence-electron chi connectivity index (χ1n) is 9.10. The van der Waals surface area contributed by atoms with Gasteiger partial charge in [0.1, 0.15) is 12.4 Å². The van der Waals surface area contributed by atoms with Gasteiger partial charge in [0.05, 0.1) is 5.56 Å². The van der Waals surface area contributed by atoms with Crippen molar-refractivity contribution in [3.8, 4) is 17.1 Å². The number of hydrogen-bond donors (Lipinski definition) is 2. The molecule has 0 amide bonds. The van der Waals surface area contributed by atoms with E-state index in [4.69, 9.17) is 4.74 Å². The molecule has 4 rings (SSSR count). The number of aromatic amines is 2. The molecule has 2 aromatic carbocycles. The number of ether oxygens (including phenoxy) is 1. The number of nitrogens with one attached hydrogen (secondary N) is 2. The third-order valence-corrected chi connectivity index (χ3v) is 4.97. The van der Waals surface area contributed by atoms with Gasteiger partial charge >= 0.3 is 0 Å². The van der Waals surface area contributed by atoms with Crippen LogP contribution in [0.4, 0.5) is 0 Å². The number of benzene rings is 2. The van der Waals surface area contributed by atoms with E-state index in [2.05, 4.69) is 41.5 Å². The minimum atomic E-state index is -0.237. The SMILES string of the molecule is O=c1[nH]c(CCc2cc(Br)ccc2OCc2ccccc2)ccc1-c1nn[nH]n1. The molecule has 2 N–H and O–H groups in total. The second-order valence-corrected chi connectivity index (χ2v) is 7.40. The lowest BCUT2D eigenvalue weighted by Gasteiger charge is -2.12. The molecule has 8 heteroatoms. The Morgan fingerprint density at radius 2 is 1.86 bits per heavy atom. The molecule has 0 aliphatic heterocycles. The van der Waals surface area contributed by atoms with Gasteiger partial charge in [0.25, 0.3) is 5.56 Å². The Morgan fingerprint density at radius 1 is 1.00 bits per heavy atom. The van der Waals surface area contributed by atoms with Crippen LogP contribution >= 0.6 is 15.9 Å². The van der Waals surface area contributed by atoms with E-state index < -0.39 is 0 Å². The van der Waals surface area contributed by atoms with Gasteiger partial charge in [0, 0.05) is 10.2 Å². The van der Waals surface area contributed by atoms with Crippen molar-refractivity contribution in [2.24, 2.45) is 0 Å². The van der Waals surface area contributed by atoms with Gasteiger partial charge < -0.3 is 9.72 Å². The van der Waals surface area contributed by atoms with E-state index >= 15 is 0 Å². The molecule has 0 saturated heterocycles. The molecule has 4 aromatic rings. The molecular weight excluding hydrogens is 434 g/mol. The molecule has 0 aliphatic rings. The molecule has 0 radical (unpaired) electrons. The molecular formula is C21H18BrN5O2. The van der Waals surface area contributed by atoms with Crippen LogP contribution in [-0.2, 0) is 19.4 Å². The highest BCUT2D eigenvalue weighted by atomic mass is 79.9. The Labute approximate surface area is 175 Å². The van der Waals surface area contributed by atoms with E-state index in [1.54, 1.807) is 6.07 Å². The highest BCUT2D eigenvalue weighted by Gasteiger charge is 2.10. The highest BCUT2D eigenvalue weighted by Crippen LogP contribution is 2.25. The summed E-state index contributed by atoms with van der Waals surface area (Å²) in [4.78, 5) is 15.2. The van der Waals surface area contributed by atoms with Crippen LogP contribution in [0.3, 0.4) is 0 Å². The lowest BCUT2D eigenvalue weighted by Crippen LogP contribution is -2.12. The Morgan fingerprint density at radius 3 is 2.62 bits per heavy atom. The monoisotopic (exact) mass is 451 g/mol. The van der Waals surface area contributed by atoms with Crippen LogP contribution in [0.25, 0.3) is 11.4 Å². The van der Waals surface area contributed by atoms with Crippen molar-refractivity contribution < 1.29 is 4.74 Å². The molecule has 0 unspecified atom stereocenters. The maximum Gasteiger partial charge on any atom is 0.259 e. The van der Waals surface area contributed by atoms with Gasteiger partial charge in [-0.25, -0.2) is 0 Å². The van der Waals surface area contributed by atoms with E-state index in [0.29, 0.717) is 18.6 Å². The summed E-state index contributed by atoms with van der Waals surface area (Å²) in [6.07, 6.45) is 1.39. The number of rotatable bonds is 7. The van der Waals surface area contributed by atoms with Crippen LogP contribution in [0.1, 0.15) is 16.8 Å². The summed E-state index contributed by atoms with van der Waals surface area (Å²) in [6, 6.07) is 19.6. The summed E-state index contributed by atoms with van der Waals surface area (Å²) in [5.74, 6) is 1.12. The molecule has 0 spiro atoms. The molecule has 2 aromatic heterocycles. The fourth-order valence-electron chi connectivity index (χ4n) is 3.00. The molecule has 0 bridgehead atoms. The molecule has 0 fully saturated rings. The van der Waals surface area contributed by atoms with Crippen molar-refractivity contribution in [3.63, 3.8) is 0 Å². The van der Waals surface area contributed by atoms with E-state index in [1.807, 2.05) is 54.6 Å². The van der Waals surface area contributed by atoms with Gasteiger partial charge in [-0.1, -0.05) is 46.3 Å². The van der Waals surface area contributed by atoms with Crippen molar-refractivity contribution >= 4 is 15.9 Å². The molecule has 7 nitrogen and oxygen atoms in total. The highest BCUT2D eigenvalue weighted by molar-refractivity contribution is 9.10. The van der Waals surface area contributed by atoms with E-state index in [0.717, 1.165) is 33.5 Å². The quantitative estimate of drug-likeness (QED) is 0.446. The van der Waals surface area contributed by atoms with Gasteiger partial charge in [-0.3, -0.25) is 4.79 Å². The standard InChI is InChI=1S/C21H18BrN5O2/c22-16-7-11-19(29-13-14-4-2-1-3-5-14)15(12-16)6-8-17-9-10-18(21(28)23-17)20-24-26-27-25-20/h1-5,7,9-12H,6,8,13H2,(H,23,28)(H,24,25,26,27). The number of pyridine rings is 1. The Bertz CT molecular complexity index is 1140. The van der Waals surface area contributed by atoms with Gasteiger partial charge in [0.2, 0.25) is 5.82 Å². The van der Waals surface area contributed by atoms with Crippen LogP contribution in [0.2, 0.25) is 0 Å². The van der Waals surface area contributed by atoms with E-state index in [1.165, 1.54) is 0 Å². The second kappa shape index (κ2) is 8.83. The van der Waals surface area contributed by atoms with Gasteiger partial charge in [-0.15, -0.1) is 10.2 Å². The van der Waals surface area contributed by atoms with Gasteiger partial charge in [0.15, 0.2) is 0 Å². The molecule has 0 atom stereocenters. The van der Waals surface area contributed by atoms with Crippen LogP contribution in [0.15, 0.2) is 69.9 Å². The average molecular weight is 452 g/mol. The minimum absolute atomic E-state index is 0.237. The zero-order valence-electron chi connectivity index (χ0n) is 15.4. The molecule has 0 aliphatic carbocycles.